The minimum absolute atomic E-state index is 0.235. The van der Waals surface area contributed by atoms with Gasteiger partial charge in [0.15, 0.2) is 0 Å². The minimum atomic E-state index is 0.235. The molecule has 0 aromatic rings. The fraction of sp³-hybridized carbons (Fsp3) is 0.727. The second kappa shape index (κ2) is 7.96. The van der Waals surface area contributed by atoms with Gasteiger partial charge in [-0.2, -0.15) is 0 Å². The summed E-state index contributed by atoms with van der Waals surface area (Å²) in [5.74, 6) is 0.518. The summed E-state index contributed by atoms with van der Waals surface area (Å²) in [6.07, 6.45) is 4.62. The van der Waals surface area contributed by atoms with Crippen molar-refractivity contribution in [1.82, 2.24) is 0 Å². The summed E-state index contributed by atoms with van der Waals surface area (Å²) in [6.45, 7) is 5.60. The average molecular weight is 183 g/mol. The third kappa shape index (κ3) is 7.69. The first-order valence-electron chi connectivity index (χ1n) is 5.03. The molecule has 0 aliphatic heterocycles. The summed E-state index contributed by atoms with van der Waals surface area (Å²) < 4.78 is 0. The van der Waals surface area contributed by atoms with Crippen LogP contribution in [0.2, 0.25) is 0 Å². The number of hydrogen-bond acceptors (Lipinski definition) is 2. The van der Waals surface area contributed by atoms with Crippen molar-refractivity contribution < 1.29 is 9.59 Å². The molecule has 0 bridgehead atoms. The highest BCUT2D eigenvalue weighted by Gasteiger charge is 2.03. The van der Waals surface area contributed by atoms with Crippen molar-refractivity contribution in [1.29, 1.82) is 0 Å². The molecule has 2 nitrogen and oxygen atoms in total. The maximum atomic E-state index is 11.1. The molecule has 0 fully saturated rings. The van der Waals surface area contributed by atoms with Gasteiger partial charge in [-0.1, -0.05) is 13.8 Å². The molecule has 2 heteroatoms. The number of Topliss-reactive ketones (excluding diaryl/α,β-unsaturated/α-hetero) is 2. The van der Waals surface area contributed by atoms with E-state index in [9.17, 15) is 9.59 Å². The predicted molar refractivity (Wildman–Crippen MR) is 53.4 cm³/mol. The molecule has 0 atom stereocenters. The number of rotatable bonds is 8. The van der Waals surface area contributed by atoms with Crippen LogP contribution in [0.5, 0.6) is 0 Å². The van der Waals surface area contributed by atoms with E-state index in [1.165, 1.54) is 0 Å². The van der Waals surface area contributed by atoms with Gasteiger partial charge in [-0.05, 0) is 19.3 Å². The predicted octanol–water partition coefficient (Wildman–Crippen LogP) is 2.71. The Morgan fingerprint density at radius 2 is 1.54 bits per heavy atom. The van der Waals surface area contributed by atoms with Crippen LogP contribution in [0.15, 0.2) is 0 Å². The molecule has 0 rings (SSSR count). The molecule has 0 spiro atoms. The summed E-state index contributed by atoms with van der Waals surface area (Å²) in [5, 5.41) is 0. The van der Waals surface area contributed by atoms with Gasteiger partial charge < -0.3 is 0 Å². The molecule has 75 valence electrons. The van der Waals surface area contributed by atoms with E-state index in [1.54, 1.807) is 0 Å². The number of carbonyl (C=O) groups is 2. The number of hydrogen-bond donors (Lipinski definition) is 0. The summed E-state index contributed by atoms with van der Waals surface area (Å²) in [6, 6.07) is 0. The fourth-order valence-corrected chi connectivity index (χ4v) is 1.21. The van der Waals surface area contributed by atoms with Gasteiger partial charge in [0.1, 0.15) is 11.6 Å². The first-order chi connectivity index (χ1) is 6.20. The van der Waals surface area contributed by atoms with Gasteiger partial charge in [0.25, 0.3) is 0 Å². The second-order valence-electron chi connectivity index (χ2n) is 3.28. The van der Waals surface area contributed by atoms with Crippen LogP contribution >= 0.6 is 0 Å². The number of ketones is 2. The van der Waals surface area contributed by atoms with Gasteiger partial charge in [-0.25, -0.2) is 0 Å². The lowest BCUT2D eigenvalue weighted by atomic mass is 10.1. The van der Waals surface area contributed by atoms with E-state index in [0.29, 0.717) is 32.1 Å². The molecule has 0 heterocycles. The van der Waals surface area contributed by atoms with Crippen LogP contribution in [-0.4, -0.2) is 11.6 Å². The Morgan fingerprint density at radius 1 is 1.00 bits per heavy atom. The molecule has 0 saturated carbocycles. The Balaban J connectivity index is 3.33. The summed E-state index contributed by atoms with van der Waals surface area (Å²) in [5.41, 5.74) is 0. The molecule has 0 aliphatic carbocycles. The van der Waals surface area contributed by atoms with Crippen molar-refractivity contribution in [2.24, 2.45) is 0 Å². The quantitative estimate of drug-likeness (QED) is 0.579. The molecular formula is C11H19O2. The summed E-state index contributed by atoms with van der Waals surface area (Å²) in [4.78, 5) is 22.1. The SMILES string of the molecule is [CH2]CCC(=O)CCCC(=O)CCC. The van der Waals surface area contributed by atoms with E-state index in [-0.39, 0.29) is 11.6 Å². The van der Waals surface area contributed by atoms with E-state index >= 15 is 0 Å². The highest BCUT2D eigenvalue weighted by Crippen LogP contribution is 2.04. The maximum Gasteiger partial charge on any atom is 0.132 e. The van der Waals surface area contributed by atoms with Crippen LogP contribution in [0, 0.1) is 6.92 Å². The summed E-state index contributed by atoms with van der Waals surface area (Å²) >= 11 is 0. The molecule has 0 N–H and O–H groups in total. The zero-order valence-electron chi connectivity index (χ0n) is 8.47. The molecule has 0 saturated heterocycles. The van der Waals surface area contributed by atoms with Crippen LogP contribution in [0.3, 0.4) is 0 Å². The van der Waals surface area contributed by atoms with Gasteiger partial charge in [0, 0.05) is 25.7 Å². The van der Waals surface area contributed by atoms with Gasteiger partial charge in [0.2, 0.25) is 0 Å². The fourth-order valence-electron chi connectivity index (χ4n) is 1.21. The maximum absolute atomic E-state index is 11.1. The largest absolute Gasteiger partial charge is 0.300 e. The van der Waals surface area contributed by atoms with Gasteiger partial charge in [-0.3, -0.25) is 9.59 Å². The van der Waals surface area contributed by atoms with E-state index < -0.39 is 0 Å². The standard InChI is InChI=1S/C11H19O2/c1-3-6-10(12)8-5-9-11(13)7-4-2/h1,3-9H2,2H3. The zero-order valence-corrected chi connectivity index (χ0v) is 8.47. The molecule has 13 heavy (non-hydrogen) atoms. The Morgan fingerprint density at radius 3 is 2.00 bits per heavy atom. The highest BCUT2D eigenvalue weighted by molar-refractivity contribution is 5.81. The third-order valence-electron chi connectivity index (χ3n) is 1.90. The highest BCUT2D eigenvalue weighted by atomic mass is 16.1. The van der Waals surface area contributed by atoms with Gasteiger partial charge in [0.05, 0.1) is 0 Å². The van der Waals surface area contributed by atoms with Gasteiger partial charge >= 0.3 is 0 Å². The Bertz CT molecular complexity index is 143. The molecular weight excluding hydrogens is 164 g/mol. The van der Waals surface area contributed by atoms with Crippen molar-refractivity contribution in [3.8, 4) is 0 Å². The monoisotopic (exact) mass is 183 g/mol. The van der Waals surface area contributed by atoms with Gasteiger partial charge in [-0.15, -0.1) is 0 Å². The number of carbonyl (C=O) groups excluding carboxylic acids is 2. The molecule has 1 radical (unpaired) electrons. The first-order valence-corrected chi connectivity index (χ1v) is 5.03. The van der Waals surface area contributed by atoms with E-state index in [4.69, 9.17) is 0 Å². The Hall–Kier alpha value is -0.660. The average Bonchev–Trinajstić information content (AvgIpc) is 2.05. The van der Waals surface area contributed by atoms with Crippen LogP contribution in [0.4, 0.5) is 0 Å². The lowest BCUT2D eigenvalue weighted by Gasteiger charge is -1.98. The van der Waals surface area contributed by atoms with Crippen molar-refractivity contribution in [2.45, 2.75) is 51.9 Å². The lowest BCUT2D eigenvalue weighted by Crippen LogP contribution is -2.01. The normalized spacial score (nSPS) is 10.0. The molecule has 0 amide bonds. The van der Waals surface area contributed by atoms with E-state index in [1.807, 2.05) is 6.92 Å². The Labute approximate surface area is 80.7 Å². The minimum Gasteiger partial charge on any atom is -0.300 e. The van der Waals surface area contributed by atoms with Crippen molar-refractivity contribution in [2.75, 3.05) is 0 Å². The summed E-state index contributed by atoms with van der Waals surface area (Å²) in [7, 11) is 0. The van der Waals surface area contributed by atoms with Crippen molar-refractivity contribution in [3.63, 3.8) is 0 Å². The van der Waals surface area contributed by atoms with E-state index in [2.05, 4.69) is 6.92 Å². The van der Waals surface area contributed by atoms with Crippen LogP contribution in [0.25, 0.3) is 0 Å². The smallest absolute Gasteiger partial charge is 0.132 e. The molecule has 0 aromatic heterocycles. The topological polar surface area (TPSA) is 34.1 Å². The van der Waals surface area contributed by atoms with Crippen molar-refractivity contribution in [3.05, 3.63) is 6.92 Å². The molecule has 0 aliphatic rings. The molecule has 0 unspecified atom stereocenters. The van der Waals surface area contributed by atoms with Crippen LogP contribution in [0.1, 0.15) is 51.9 Å². The van der Waals surface area contributed by atoms with E-state index in [0.717, 1.165) is 12.8 Å². The van der Waals surface area contributed by atoms with Crippen LogP contribution < -0.4 is 0 Å². The lowest BCUT2D eigenvalue weighted by molar-refractivity contribution is -0.120. The molecule has 0 aromatic carbocycles. The van der Waals surface area contributed by atoms with Crippen LogP contribution in [-0.2, 0) is 9.59 Å². The Kier molecular flexibility index (Phi) is 7.56. The van der Waals surface area contributed by atoms with Crippen molar-refractivity contribution >= 4 is 11.6 Å². The first kappa shape index (κ1) is 12.3. The zero-order chi connectivity index (χ0) is 10.1. The second-order valence-corrected chi connectivity index (χ2v) is 3.28. The third-order valence-corrected chi connectivity index (χ3v) is 1.90.